The van der Waals surface area contributed by atoms with Gasteiger partial charge in [0.1, 0.15) is 12.6 Å². The van der Waals surface area contributed by atoms with Crippen LogP contribution in [0.2, 0.25) is 0 Å². The average Bonchev–Trinajstić information content (AvgIpc) is 3.74. The van der Waals surface area contributed by atoms with Crippen molar-refractivity contribution in [2.45, 2.75) is 69.9 Å². The summed E-state index contributed by atoms with van der Waals surface area (Å²) in [6.45, 7) is 4.83. The van der Waals surface area contributed by atoms with E-state index in [1.807, 2.05) is 11.6 Å². The van der Waals surface area contributed by atoms with Gasteiger partial charge in [-0.15, -0.1) is 5.01 Å². The van der Waals surface area contributed by atoms with E-state index < -0.39 is 65.1 Å². The second-order valence-electron chi connectivity index (χ2n) is 11.2. The number of carbonyl (C=O) groups is 3. The summed E-state index contributed by atoms with van der Waals surface area (Å²) in [5, 5.41) is 20.6. The first-order valence-electron chi connectivity index (χ1n) is 15.6. The number of esters is 1. The zero-order chi connectivity index (χ0) is 37.3. The quantitative estimate of drug-likeness (QED) is 0.0782. The van der Waals surface area contributed by atoms with Gasteiger partial charge in [-0.05, 0) is 57.0 Å². The second-order valence-corrected chi connectivity index (χ2v) is 12.8. The van der Waals surface area contributed by atoms with E-state index in [1.54, 1.807) is 31.2 Å². The number of carbonyl (C=O) groups excluding carboxylic acids is 3. The van der Waals surface area contributed by atoms with Gasteiger partial charge in [0.25, 0.3) is 16.3 Å². The minimum absolute atomic E-state index is 0.0786. The molecule has 0 spiro atoms. The Labute approximate surface area is 290 Å². The van der Waals surface area contributed by atoms with Crippen LogP contribution in [0.3, 0.4) is 0 Å². The van der Waals surface area contributed by atoms with Crippen LogP contribution in [0.1, 0.15) is 50.8 Å². The molecule has 0 bridgehead atoms. The van der Waals surface area contributed by atoms with Crippen molar-refractivity contribution in [2.75, 3.05) is 19.8 Å². The molecular weight excluding hydrogens is 705 g/mol. The van der Waals surface area contributed by atoms with Crippen LogP contribution in [0, 0.1) is 12.1 Å². The molecule has 2 atom stereocenters. The number of hydrogen-bond acceptors (Lipinski definition) is 12. The number of alkyl halides is 3. The SMILES string of the molecule is CCOC(=O)OC(C)O/N=[N+](\[O-])N1CCC[C@H]1COC(=O)CCC(=O)NS(=O)(=O)c1ccc(-n2nc(C(F)(F)F)cc2-c2ccc(C)cc2)cc1. The molecule has 3 aromatic rings. The van der Waals surface area contributed by atoms with Crippen molar-refractivity contribution < 1.29 is 60.0 Å². The fourth-order valence-electron chi connectivity index (χ4n) is 4.83. The number of amides is 1. The highest BCUT2D eigenvalue weighted by Gasteiger charge is 2.36. The third-order valence-electron chi connectivity index (χ3n) is 7.34. The lowest BCUT2D eigenvalue weighted by Gasteiger charge is -2.20. The van der Waals surface area contributed by atoms with Crippen LogP contribution in [0.15, 0.2) is 64.8 Å². The zero-order valence-electron chi connectivity index (χ0n) is 27.7. The number of aryl methyl sites for hydroxylation is 1. The maximum absolute atomic E-state index is 13.5. The number of halogens is 3. The summed E-state index contributed by atoms with van der Waals surface area (Å²) in [4.78, 5) is 40.7. The van der Waals surface area contributed by atoms with E-state index in [4.69, 9.17) is 14.3 Å². The van der Waals surface area contributed by atoms with Crippen LogP contribution in [0.25, 0.3) is 16.9 Å². The normalized spacial score (nSPS) is 15.6. The van der Waals surface area contributed by atoms with Crippen LogP contribution < -0.4 is 4.72 Å². The van der Waals surface area contributed by atoms with Gasteiger partial charge in [0, 0.05) is 18.9 Å². The molecule has 4 rings (SSSR count). The number of nitrogens with one attached hydrogen (secondary N) is 1. The first-order valence-corrected chi connectivity index (χ1v) is 17.1. The first-order chi connectivity index (χ1) is 24.1. The number of hydrogen-bond donors (Lipinski definition) is 1. The molecule has 276 valence electrons. The number of ether oxygens (including phenoxy) is 3. The van der Waals surface area contributed by atoms with Gasteiger partial charge in [0.2, 0.25) is 11.2 Å². The molecule has 2 heterocycles. The van der Waals surface area contributed by atoms with Crippen LogP contribution in [-0.2, 0) is 44.8 Å². The van der Waals surface area contributed by atoms with Crippen molar-refractivity contribution >= 4 is 28.1 Å². The number of aromatic nitrogens is 2. The minimum atomic E-state index is -4.73. The fraction of sp³-hybridized carbons (Fsp3) is 0.419. The maximum atomic E-state index is 13.5. The number of nitrogens with zero attached hydrogens (tertiary/aromatic N) is 5. The summed E-state index contributed by atoms with van der Waals surface area (Å²) < 4.78 is 83.7. The lowest BCUT2D eigenvalue weighted by atomic mass is 10.1. The minimum Gasteiger partial charge on any atom is -0.569 e. The van der Waals surface area contributed by atoms with E-state index in [-0.39, 0.29) is 41.0 Å². The molecule has 1 aromatic heterocycles. The van der Waals surface area contributed by atoms with E-state index in [1.165, 1.54) is 24.1 Å². The molecule has 2 aromatic carbocycles. The van der Waals surface area contributed by atoms with Gasteiger partial charge in [-0.25, -0.2) is 22.6 Å². The average molecular weight is 741 g/mol. The van der Waals surface area contributed by atoms with Crippen LogP contribution in [-0.4, -0.2) is 78.3 Å². The third-order valence-corrected chi connectivity index (χ3v) is 8.72. The third kappa shape index (κ3) is 10.5. The van der Waals surface area contributed by atoms with Gasteiger partial charge in [0.05, 0.1) is 40.8 Å². The van der Waals surface area contributed by atoms with Gasteiger partial charge >= 0.3 is 18.3 Å². The van der Waals surface area contributed by atoms with E-state index in [9.17, 15) is 41.2 Å². The van der Waals surface area contributed by atoms with Crippen molar-refractivity contribution in [3.63, 3.8) is 0 Å². The molecule has 0 radical (unpaired) electrons. The second kappa shape index (κ2) is 16.5. The van der Waals surface area contributed by atoms with Gasteiger partial charge in [-0.1, -0.05) is 29.8 Å². The monoisotopic (exact) mass is 740 g/mol. The Morgan fingerprint density at radius 2 is 1.78 bits per heavy atom. The predicted molar refractivity (Wildman–Crippen MR) is 169 cm³/mol. The number of rotatable bonds is 14. The Hall–Kier alpha value is -5.40. The number of benzene rings is 2. The molecule has 1 saturated heterocycles. The standard InChI is InChI=1S/C31H35F3N6O10S/c1-4-47-30(43)49-21(3)50-37-40(44)38-17-5-6-24(38)19-48-29(42)16-15-28(41)36-51(45,46)25-13-11-23(12-14-25)39-26(18-27(35-39)31(32,33)34)22-9-7-20(2)8-10-22/h7-14,18,21,24H,4-6,15-17,19H2,1-3H3,(H,36,41)/b40-37-/t21?,24-/m0/s1. The lowest BCUT2D eigenvalue weighted by Crippen LogP contribution is -2.39. The van der Waals surface area contributed by atoms with Crippen molar-refractivity contribution in [1.82, 2.24) is 19.5 Å². The Kier molecular flexibility index (Phi) is 12.5. The highest BCUT2D eigenvalue weighted by atomic mass is 32.2. The fourth-order valence-corrected chi connectivity index (χ4v) is 5.84. The van der Waals surface area contributed by atoms with E-state index in [2.05, 4.69) is 15.1 Å². The predicted octanol–water partition coefficient (Wildman–Crippen LogP) is 4.79. The Morgan fingerprint density at radius 1 is 1.10 bits per heavy atom. The highest BCUT2D eigenvalue weighted by Crippen LogP contribution is 2.33. The summed E-state index contributed by atoms with van der Waals surface area (Å²) in [5.74, 6) is -1.84. The summed E-state index contributed by atoms with van der Waals surface area (Å²) in [6, 6.07) is 11.7. The summed E-state index contributed by atoms with van der Waals surface area (Å²) in [5.41, 5.74) is 0.472. The first kappa shape index (κ1) is 38.4. The van der Waals surface area contributed by atoms with Gasteiger partial charge in [-0.3, -0.25) is 14.4 Å². The molecule has 1 aliphatic rings. The molecule has 0 saturated carbocycles. The van der Waals surface area contributed by atoms with Gasteiger partial charge in [0.15, 0.2) is 5.69 Å². The van der Waals surface area contributed by atoms with Crippen molar-refractivity contribution in [3.05, 3.63) is 71.1 Å². The van der Waals surface area contributed by atoms with Gasteiger partial charge < -0.3 is 19.4 Å². The summed E-state index contributed by atoms with van der Waals surface area (Å²) in [6.07, 6.45) is -6.95. The van der Waals surface area contributed by atoms with Crippen molar-refractivity contribution in [3.8, 4) is 16.9 Å². The van der Waals surface area contributed by atoms with Crippen LogP contribution in [0.5, 0.6) is 0 Å². The molecule has 1 aliphatic heterocycles. The Bertz CT molecular complexity index is 1830. The van der Waals surface area contributed by atoms with E-state index in [0.29, 0.717) is 18.4 Å². The number of sulfonamides is 1. The topological polar surface area (TPSA) is 194 Å². The summed E-state index contributed by atoms with van der Waals surface area (Å²) in [7, 11) is -4.42. The lowest BCUT2D eigenvalue weighted by molar-refractivity contribution is -0.716. The smallest absolute Gasteiger partial charge is 0.511 e. The maximum Gasteiger partial charge on any atom is 0.511 e. The Balaban J connectivity index is 1.30. The molecule has 16 nitrogen and oxygen atoms in total. The Morgan fingerprint density at radius 3 is 2.43 bits per heavy atom. The van der Waals surface area contributed by atoms with Crippen LogP contribution >= 0.6 is 0 Å². The molecule has 1 N–H and O–H groups in total. The van der Waals surface area contributed by atoms with Crippen LogP contribution in [0.4, 0.5) is 18.0 Å². The molecule has 1 unspecified atom stereocenters. The zero-order valence-corrected chi connectivity index (χ0v) is 28.5. The number of hydrazine groups is 1. The molecular formula is C31H35F3N6O10S. The highest BCUT2D eigenvalue weighted by molar-refractivity contribution is 7.90. The van der Waals surface area contributed by atoms with E-state index in [0.717, 1.165) is 28.4 Å². The summed E-state index contributed by atoms with van der Waals surface area (Å²) >= 11 is 0. The van der Waals surface area contributed by atoms with Gasteiger partial charge in [-0.2, -0.15) is 18.3 Å². The molecule has 51 heavy (non-hydrogen) atoms. The van der Waals surface area contributed by atoms with Crippen molar-refractivity contribution in [1.29, 1.82) is 0 Å². The van der Waals surface area contributed by atoms with Crippen molar-refractivity contribution in [2.24, 2.45) is 5.28 Å². The molecule has 1 fully saturated rings. The van der Waals surface area contributed by atoms with E-state index >= 15 is 0 Å². The largest absolute Gasteiger partial charge is 0.569 e. The molecule has 0 aliphatic carbocycles. The molecule has 1 amide bonds. The molecule has 20 heteroatoms.